The molecule has 0 unspecified atom stereocenters. The average molecular weight is 252 g/mol. The number of rotatable bonds is 5. The molecule has 1 N–H and O–H groups in total. The summed E-state index contributed by atoms with van der Waals surface area (Å²) in [5, 5.41) is 0. The van der Waals surface area contributed by atoms with Crippen molar-refractivity contribution in [2.24, 2.45) is 0 Å². The van der Waals surface area contributed by atoms with Crippen molar-refractivity contribution in [3.05, 3.63) is 11.1 Å². The molecular formula is C11H16N4OS. The largest absolute Gasteiger partial charge is 0.479 e. The first-order chi connectivity index (χ1) is 8.27. The molecule has 0 aliphatic heterocycles. The highest BCUT2D eigenvalue weighted by Gasteiger charge is 2.10. The zero-order valence-electron chi connectivity index (χ0n) is 10.1. The van der Waals surface area contributed by atoms with Gasteiger partial charge in [0.15, 0.2) is 10.4 Å². The SMILES string of the molecule is CCCCCn1c(=S)[nH]c2c(OC)ncnc21. The maximum absolute atomic E-state index is 5.29. The van der Waals surface area contributed by atoms with E-state index >= 15 is 0 Å². The van der Waals surface area contributed by atoms with E-state index < -0.39 is 0 Å². The van der Waals surface area contributed by atoms with Crippen molar-refractivity contribution in [3.8, 4) is 5.88 Å². The predicted molar refractivity (Wildman–Crippen MR) is 68.8 cm³/mol. The number of imidazole rings is 1. The second-order valence-electron chi connectivity index (χ2n) is 3.87. The summed E-state index contributed by atoms with van der Waals surface area (Å²) in [6.07, 6.45) is 4.98. The Morgan fingerprint density at radius 3 is 2.94 bits per heavy atom. The first-order valence-electron chi connectivity index (χ1n) is 5.75. The molecule has 0 saturated carbocycles. The minimum Gasteiger partial charge on any atom is -0.479 e. The Labute approximate surface area is 105 Å². The van der Waals surface area contributed by atoms with E-state index in [0.717, 1.165) is 24.1 Å². The van der Waals surface area contributed by atoms with E-state index in [0.29, 0.717) is 10.7 Å². The zero-order valence-corrected chi connectivity index (χ0v) is 10.9. The van der Waals surface area contributed by atoms with Crippen LogP contribution in [0.15, 0.2) is 6.33 Å². The fourth-order valence-electron chi connectivity index (χ4n) is 1.83. The predicted octanol–water partition coefficient (Wildman–Crippen LogP) is 2.69. The number of aryl methyl sites for hydroxylation is 1. The van der Waals surface area contributed by atoms with Gasteiger partial charge in [-0.15, -0.1) is 0 Å². The molecule has 0 aromatic carbocycles. The zero-order chi connectivity index (χ0) is 12.3. The molecule has 0 fully saturated rings. The first kappa shape index (κ1) is 12.0. The van der Waals surface area contributed by atoms with E-state index in [1.165, 1.54) is 19.2 Å². The summed E-state index contributed by atoms with van der Waals surface area (Å²) in [7, 11) is 1.59. The van der Waals surface area contributed by atoms with E-state index in [4.69, 9.17) is 17.0 Å². The summed E-state index contributed by atoms with van der Waals surface area (Å²) in [6, 6.07) is 0. The Morgan fingerprint density at radius 2 is 2.24 bits per heavy atom. The molecule has 6 heteroatoms. The van der Waals surface area contributed by atoms with Gasteiger partial charge in [0, 0.05) is 6.54 Å². The Morgan fingerprint density at radius 1 is 1.41 bits per heavy atom. The average Bonchev–Trinajstić information content (AvgIpc) is 2.66. The van der Waals surface area contributed by atoms with Crippen LogP contribution in [-0.2, 0) is 6.54 Å². The van der Waals surface area contributed by atoms with Crippen LogP contribution in [0.2, 0.25) is 0 Å². The molecule has 2 aromatic heterocycles. The Hall–Kier alpha value is -1.43. The van der Waals surface area contributed by atoms with Crippen LogP contribution in [0.3, 0.4) is 0 Å². The van der Waals surface area contributed by atoms with Gasteiger partial charge >= 0.3 is 0 Å². The van der Waals surface area contributed by atoms with Crippen molar-refractivity contribution in [1.29, 1.82) is 0 Å². The Kier molecular flexibility index (Phi) is 3.73. The number of H-pyrrole nitrogens is 1. The second kappa shape index (κ2) is 5.27. The maximum Gasteiger partial charge on any atom is 0.242 e. The highest BCUT2D eigenvalue weighted by Crippen LogP contribution is 2.20. The summed E-state index contributed by atoms with van der Waals surface area (Å²) < 4.78 is 7.86. The number of hydrogen-bond acceptors (Lipinski definition) is 4. The van der Waals surface area contributed by atoms with E-state index in [1.807, 2.05) is 4.57 Å². The van der Waals surface area contributed by atoms with Gasteiger partial charge in [0.2, 0.25) is 5.88 Å². The van der Waals surface area contributed by atoms with Crippen LogP contribution in [0.5, 0.6) is 5.88 Å². The molecule has 0 saturated heterocycles. The third kappa shape index (κ3) is 2.31. The Balaban J connectivity index is 2.42. The first-order valence-corrected chi connectivity index (χ1v) is 6.16. The van der Waals surface area contributed by atoms with E-state index in [-0.39, 0.29) is 0 Å². The number of ether oxygens (including phenoxy) is 1. The number of aromatic amines is 1. The molecule has 0 radical (unpaired) electrons. The molecule has 2 rings (SSSR count). The van der Waals surface area contributed by atoms with E-state index in [2.05, 4.69) is 21.9 Å². The number of aromatic nitrogens is 4. The summed E-state index contributed by atoms with van der Waals surface area (Å²) in [5.41, 5.74) is 1.59. The molecule has 5 nitrogen and oxygen atoms in total. The van der Waals surface area contributed by atoms with E-state index in [9.17, 15) is 0 Å². The molecular weight excluding hydrogens is 236 g/mol. The van der Waals surface area contributed by atoms with Gasteiger partial charge in [0.1, 0.15) is 11.8 Å². The van der Waals surface area contributed by atoms with Gasteiger partial charge in [0.05, 0.1) is 7.11 Å². The van der Waals surface area contributed by atoms with Crippen LogP contribution in [0.25, 0.3) is 11.2 Å². The maximum atomic E-state index is 5.29. The molecule has 0 amide bonds. The van der Waals surface area contributed by atoms with Gasteiger partial charge in [-0.25, -0.2) is 4.98 Å². The van der Waals surface area contributed by atoms with Crippen LogP contribution in [0.1, 0.15) is 26.2 Å². The lowest BCUT2D eigenvalue weighted by molar-refractivity contribution is 0.401. The molecule has 2 aromatic rings. The van der Waals surface area contributed by atoms with Crippen molar-refractivity contribution >= 4 is 23.4 Å². The Bertz CT molecular complexity index is 560. The van der Waals surface area contributed by atoms with Gasteiger partial charge < -0.3 is 14.3 Å². The standard InChI is InChI=1S/C11H16N4OS/c1-3-4-5-6-15-9-8(14-11(15)17)10(16-2)13-7-12-9/h7H,3-6H2,1-2H3,(H,14,17). The van der Waals surface area contributed by atoms with Gasteiger partial charge in [-0.1, -0.05) is 19.8 Å². The summed E-state index contributed by atoms with van der Waals surface area (Å²) in [4.78, 5) is 11.4. The van der Waals surface area contributed by atoms with Gasteiger partial charge in [-0.3, -0.25) is 0 Å². The molecule has 0 bridgehead atoms. The molecule has 0 spiro atoms. The lowest BCUT2D eigenvalue weighted by Gasteiger charge is -2.03. The third-order valence-corrected chi connectivity index (χ3v) is 3.03. The molecule has 0 aliphatic rings. The highest BCUT2D eigenvalue weighted by atomic mass is 32.1. The van der Waals surface area contributed by atoms with Crippen LogP contribution in [0, 0.1) is 4.77 Å². The van der Waals surface area contributed by atoms with E-state index in [1.54, 1.807) is 7.11 Å². The highest BCUT2D eigenvalue weighted by molar-refractivity contribution is 7.71. The second-order valence-corrected chi connectivity index (χ2v) is 4.26. The van der Waals surface area contributed by atoms with Crippen molar-refractivity contribution < 1.29 is 4.74 Å². The number of nitrogens with one attached hydrogen (secondary N) is 1. The number of unbranched alkanes of at least 4 members (excludes halogenated alkanes) is 2. The minimum absolute atomic E-state index is 0.537. The summed E-state index contributed by atoms with van der Waals surface area (Å²) >= 11 is 5.29. The quantitative estimate of drug-likeness (QED) is 0.656. The smallest absolute Gasteiger partial charge is 0.242 e. The van der Waals surface area contributed by atoms with Crippen molar-refractivity contribution in [3.63, 3.8) is 0 Å². The van der Waals surface area contributed by atoms with Gasteiger partial charge in [0.25, 0.3) is 0 Å². The number of nitrogens with zero attached hydrogens (tertiary/aromatic N) is 3. The number of fused-ring (bicyclic) bond motifs is 1. The monoisotopic (exact) mass is 252 g/mol. The number of methoxy groups -OCH3 is 1. The van der Waals surface area contributed by atoms with Gasteiger partial charge in [-0.2, -0.15) is 4.98 Å². The van der Waals surface area contributed by atoms with Crippen LogP contribution in [-0.4, -0.2) is 26.6 Å². The summed E-state index contributed by atoms with van der Waals surface area (Å²) in [6.45, 7) is 3.06. The van der Waals surface area contributed by atoms with Crippen molar-refractivity contribution in [2.45, 2.75) is 32.7 Å². The molecule has 0 aliphatic carbocycles. The van der Waals surface area contributed by atoms with Gasteiger partial charge in [-0.05, 0) is 18.6 Å². The van der Waals surface area contributed by atoms with Crippen molar-refractivity contribution in [2.75, 3.05) is 7.11 Å². The van der Waals surface area contributed by atoms with Crippen LogP contribution < -0.4 is 4.74 Å². The van der Waals surface area contributed by atoms with Crippen LogP contribution >= 0.6 is 12.2 Å². The lowest BCUT2D eigenvalue weighted by atomic mass is 10.2. The normalized spacial score (nSPS) is 10.9. The van der Waals surface area contributed by atoms with Crippen LogP contribution in [0.4, 0.5) is 0 Å². The topological polar surface area (TPSA) is 55.7 Å². The molecule has 92 valence electrons. The molecule has 0 atom stereocenters. The summed E-state index contributed by atoms with van der Waals surface area (Å²) in [5.74, 6) is 0.537. The molecule has 2 heterocycles. The minimum atomic E-state index is 0.537. The lowest BCUT2D eigenvalue weighted by Crippen LogP contribution is -1.99. The fraction of sp³-hybridized carbons (Fsp3) is 0.545. The molecule has 17 heavy (non-hydrogen) atoms. The fourth-order valence-corrected chi connectivity index (χ4v) is 2.11. The number of hydrogen-bond donors (Lipinski definition) is 1. The third-order valence-electron chi connectivity index (χ3n) is 2.70. The van der Waals surface area contributed by atoms with Crippen molar-refractivity contribution in [1.82, 2.24) is 19.5 Å².